The zero-order valence-electron chi connectivity index (χ0n) is 9.34. The summed E-state index contributed by atoms with van der Waals surface area (Å²) in [6.07, 6.45) is 0.540. The zero-order chi connectivity index (χ0) is 12.6. The fourth-order valence-electron chi connectivity index (χ4n) is 2.19. The second-order valence-corrected chi connectivity index (χ2v) is 4.12. The van der Waals surface area contributed by atoms with E-state index in [1.54, 1.807) is 13.1 Å². The van der Waals surface area contributed by atoms with E-state index in [-0.39, 0.29) is 12.1 Å². The molecule has 0 bridgehead atoms. The van der Waals surface area contributed by atoms with E-state index < -0.39 is 10.9 Å². The number of aliphatic carboxylic acids is 1. The molecule has 0 fully saturated rings. The average molecular weight is 236 g/mol. The maximum Gasteiger partial charge on any atom is 0.307 e. The summed E-state index contributed by atoms with van der Waals surface area (Å²) < 4.78 is 0. The number of carboxylic acid groups (broad SMARTS) is 1. The highest BCUT2D eigenvalue weighted by Crippen LogP contribution is 2.37. The molecule has 1 aliphatic heterocycles. The number of nitro benzene ring substituents is 1. The van der Waals surface area contributed by atoms with Crippen LogP contribution in [0.2, 0.25) is 0 Å². The fraction of sp³-hybridized carbons (Fsp3) is 0.364. The van der Waals surface area contributed by atoms with Crippen LogP contribution < -0.4 is 4.90 Å². The summed E-state index contributed by atoms with van der Waals surface area (Å²) in [4.78, 5) is 23.0. The van der Waals surface area contributed by atoms with Gasteiger partial charge >= 0.3 is 5.97 Å². The van der Waals surface area contributed by atoms with Crippen molar-refractivity contribution in [2.45, 2.75) is 12.8 Å². The highest BCUT2D eigenvalue weighted by atomic mass is 16.6. The summed E-state index contributed by atoms with van der Waals surface area (Å²) in [6, 6.07) is 3.11. The highest BCUT2D eigenvalue weighted by Gasteiger charge is 2.27. The molecule has 1 heterocycles. The predicted molar refractivity (Wildman–Crippen MR) is 61.4 cm³/mol. The minimum absolute atomic E-state index is 0.00116. The van der Waals surface area contributed by atoms with Crippen molar-refractivity contribution < 1.29 is 14.8 Å². The molecular weight excluding hydrogens is 224 g/mol. The van der Waals surface area contributed by atoms with Gasteiger partial charge in [-0.1, -0.05) is 6.07 Å². The minimum Gasteiger partial charge on any atom is -0.481 e. The standard InChI is InChI=1S/C11H12N2O4/c1-12-3-2-8-4-7(6-10(14)15)5-9(11(8)12)13(16)17/h4-5H,2-3,6H2,1H3,(H,14,15). The lowest BCUT2D eigenvalue weighted by molar-refractivity contribution is -0.384. The first-order valence-corrected chi connectivity index (χ1v) is 5.22. The Kier molecular flexibility index (Phi) is 2.71. The van der Waals surface area contributed by atoms with Gasteiger partial charge in [-0.2, -0.15) is 0 Å². The molecule has 0 aliphatic carbocycles. The normalized spacial score (nSPS) is 13.6. The van der Waals surface area contributed by atoms with Crippen LogP contribution in [0.4, 0.5) is 11.4 Å². The van der Waals surface area contributed by atoms with Crippen molar-refractivity contribution in [1.29, 1.82) is 0 Å². The van der Waals surface area contributed by atoms with Crippen LogP contribution in [0.3, 0.4) is 0 Å². The predicted octanol–water partition coefficient (Wildman–Crippen LogP) is 1.21. The molecule has 6 heteroatoms. The van der Waals surface area contributed by atoms with Gasteiger partial charge in [-0.05, 0) is 17.5 Å². The summed E-state index contributed by atoms with van der Waals surface area (Å²) in [5, 5.41) is 19.7. The Labute approximate surface area is 97.6 Å². The maximum atomic E-state index is 11.0. The van der Waals surface area contributed by atoms with E-state index >= 15 is 0 Å². The highest BCUT2D eigenvalue weighted by molar-refractivity contribution is 5.75. The Bertz CT molecular complexity index is 498. The number of likely N-dealkylation sites (N-methyl/N-ethyl adjacent to an activating group) is 1. The number of anilines is 1. The van der Waals surface area contributed by atoms with E-state index in [1.165, 1.54) is 6.07 Å². The van der Waals surface area contributed by atoms with Gasteiger partial charge in [0.2, 0.25) is 0 Å². The molecule has 2 rings (SSSR count). The van der Waals surface area contributed by atoms with Gasteiger partial charge in [-0.3, -0.25) is 14.9 Å². The molecule has 17 heavy (non-hydrogen) atoms. The second kappa shape index (κ2) is 4.04. The molecule has 1 aromatic carbocycles. The maximum absolute atomic E-state index is 11.0. The van der Waals surface area contributed by atoms with E-state index in [0.29, 0.717) is 11.3 Å². The largest absolute Gasteiger partial charge is 0.481 e. The SMILES string of the molecule is CN1CCc2cc(CC(=O)O)cc([N+](=O)[O-])c21. The van der Waals surface area contributed by atoms with Crippen LogP contribution in [-0.2, 0) is 17.6 Å². The molecule has 1 aromatic rings. The molecule has 0 amide bonds. The summed E-state index contributed by atoms with van der Waals surface area (Å²) in [5.74, 6) is -0.981. The van der Waals surface area contributed by atoms with Gasteiger partial charge in [0, 0.05) is 19.7 Å². The quantitative estimate of drug-likeness (QED) is 0.630. The Morgan fingerprint density at radius 3 is 2.88 bits per heavy atom. The van der Waals surface area contributed by atoms with Gasteiger partial charge in [0.05, 0.1) is 11.3 Å². The molecule has 90 valence electrons. The number of nitrogens with zero attached hydrogens (tertiary/aromatic N) is 2. The first-order chi connectivity index (χ1) is 7.99. The lowest BCUT2D eigenvalue weighted by atomic mass is 10.0. The Morgan fingerprint density at radius 2 is 2.29 bits per heavy atom. The molecule has 1 N–H and O–H groups in total. The smallest absolute Gasteiger partial charge is 0.307 e. The van der Waals surface area contributed by atoms with Gasteiger partial charge in [0.25, 0.3) is 5.69 Å². The Hall–Kier alpha value is -2.11. The number of fused-ring (bicyclic) bond motifs is 1. The Balaban J connectivity index is 2.52. The molecule has 0 unspecified atom stereocenters. The first-order valence-electron chi connectivity index (χ1n) is 5.22. The van der Waals surface area contributed by atoms with Crippen LogP contribution in [0.1, 0.15) is 11.1 Å². The van der Waals surface area contributed by atoms with E-state index in [2.05, 4.69) is 0 Å². The summed E-state index contributed by atoms with van der Waals surface area (Å²) >= 11 is 0. The number of carbonyl (C=O) groups is 1. The number of carboxylic acids is 1. The van der Waals surface area contributed by atoms with Gasteiger partial charge in [0.1, 0.15) is 5.69 Å². The number of hydrogen-bond donors (Lipinski definition) is 1. The third-order valence-electron chi connectivity index (χ3n) is 2.88. The molecule has 1 aliphatic rings. The summed E-state index contributed by atoms with van der Waals surface area (Å²) in [5.41, 5.74) is 1.96. The Morgan fingerprint density at radius 1 is 1.59 bits per heavy atom. The lowest BCUT2D eigenvalue weighted by Crippen LogP contribution is -2.14. The van der Waals surface area contributed by atoms with Crippen molar-refractivity contribution >= 4 is 17.3 Å². The number of rotatable bonds is 3. The number of nitro groups is 1. The number of hydrogen-bond acceptors (Lipinski definition) is 4. The molecule has 6 nitrogen and oxygen atoms in total. The van der Waals surface area contributed by atoms with Gasteiger partial charge < -0.3 is 10.0 Å². The van der Waals surface area contributed by atoms with Crippen molar-refractivity contribution in [1.82, 2.24) is 0 Å². The van der Waals surface area contributed by atoms with E-state index in [1.807, 2.05) is 4.90 Å². The van der Waals surface area contributed by atoms with Gasteiger partial charge in [0.15, 0.2) is 0 Å². The second-order valence-electron chi connectivity index (χ2n) is 4.12. The van der Waals surface area contributed by atoms with Crippen LogP contribution in [-0.4, -0.2) is 29.6 Å². The van der Waals surface area contributed by atoms with E-state index in [9.17, 15) is 14.9 Å². The lowest BCUT2D eigenvalue weighted by Gasteiger charge is -2.12. The molecule has 0 atom stereocenters. The summed E-state index contributed by atoms with van der Waals surface area (Å²) in [6.45, 7) is 0.729. The molecule has 0 saturated heterocycles. The molecule has 0 radical (unpaired) electrons. The molecular formula is C11H12N2O4. The van der Waals surface area contributed by atoms with Crippen molar-refractivity contribution in [2.75, 3.05) is 18.5 Å². The number of benzene rings is 1. The zero-order valence-corrected chi connectivity index (χ0v) is 9.34. The van der Waals surface area contributed by atoms with Gasteiger partial charge in [-0.25, -0.2) is 0 Å². The first kappa shape index (κ1) is 11.4. The molecule has 0 spiro atoms. The van der Waals surface area contributed by atoms with E-state index in [4.69, 9.17) is 5.11 Å². The summed E-state index contributed by atoms with van der Waals surface area (Å²) in [7, 11) is 1.80. The van der Waals surface area contributed by atoms with Crippen LogP contribution in [0.5, 0.6) is 0 Å². The van der Waals surface area contributed by atoms with Crippen LogP contribution >= 0.6 is 0 Å². The third kappa shape index (κ3) is 2.06. The van der Waals surface area contributed by atoms with Crippen molar-refractivity contribution in [3.05, 3.63) is 33.4 Å². The van der Waals surface area contributed by atoms with Crippen LogP contribution in [0.15, 0.2) is 12.1 Å². The minimum atomic E-state index is -0.981. The monoisotopic (exact) mass is 236 g/mol. The van der Waals surface area contributed by atoms with E-state index in [0.717, 1.165) is 18.5 Å². The van der Waals surface area contributed by atoms with Crippen LogP contribution in [0, 0.1) is 10.1 Å². The fourth-order valence-corrected chi connectivity index (χ4v) is 2.19. The molecule has 0 saturated carbocycles. The third-order valence-corrected chi connectivity index (χ3v) is 2.88. The van der Waals surface area contributed by atoms with Crippen molar-refractivity contribution in [3.63, 3.8) is 0 Å². The topological polar surface area (TPSA) is 83.7 Å². The van der Waals surface area contributed by atoms with Crippen molar-refractivity contribution in [2.24, 2.45) is 0 Å². The average Bonchev–Trinajstić information content (AvgIpc) is 2.58. The van der Waals surface area contributed by atoms with Gasteiger partial charge in [-0.15, -0.1) is 0 Å². The van der Waals surface area contributed by atoms with Crippen molar-refractivity contribution in [3.8, 4) is 0 Å². The van der Waals surface area contributed by atoms with Crippen LogP contribution in [0.25, 0.3) is 0 Å². The molecule has 0 aromatic heterocycles.